The number of ether oxygens (including phenoxy) is 1. The molecule has 0 bridgehead atoms. The first-order chi connectivity index (χ1) is 8.59. The van der Waals surface area contributed by atoms with E-state index in [4.69, 9.17) is 14.8 Å². The molecule has 1 aromatic rings. The zero-order valence-corrected chi connectivity index (χ0v) is 10.2. The summed E-state index contributed by atoms with van der Waals surface area (Å²) in [4.78, 5) is 13.7. The summed E-state index contributed by atoms with van der Waals surface area (Å²) < 4.78 is 5.44. The van der Waals surface area contributed by atoms with Crippen LogP contribution in [0, 0.1) is 0 Å². The zero-order chi connectivity index (χ0) is 13.1. The van der Waals surface area contributed by atoms with Crippen molar-refractivity contribution in [3.8, 4) is 0 Å². The molecule has 1 aromatic carbocycles. The van der Waals surface area contributed by atoms with Crippen molar-refractivity contribution in [3.05, 3.63) is 29.8 Å². The van der Waals surface area contributed by atoms with Gasteiger partial charge in [-0.05, 0) is 30.4 Å². The van der Waals surface area contributed by atoms with E-state index in [0.717, 1.165) is 12.8 Å². The number of rotatable bonds is 3. The Balaban J connectivity index is 2.08. The maximum absolute atomic E-state index is 12.1. The fraction of sp³-hybridized carbons (Fsp3) is 0.417. The largest absolute Gasteiger partial charge is 0.488 e. The number of benzene rings is 1. The molecule has 1 heterocycles. The molecule has 6 heteroatoms. The van der Waals surface area contributed by atoms with Crippen molar-refractivity contribution in [2.45, 2.75) is 19.1 Å². The summed E-state index contributed by atoms with van der Waals surface area (Å²) in [5.41, 5.74) is 0.878. The van der Waals surface area contributed by atoms with Crippen LogP contribution in [-0.4, -0.2) is 47.9 Å². The minimum atomic E-state index is -1.51. The smallest absolute Gasteiger partial charge is 0.423 e. The Morgan fingerprint density at radius 1 is 1.39 bits per heavy atom. The van der Waals surface area contributed by atoms with Crippen LogP contribution in [0.1, 0.15) is 23.2 Å². The summed E-state index contributed by atoms with van der Waals surface area (Å²) in [7, 11) is 0.206. The lowest BCUT2D eigenvalue weighted by atomic mass is 9.80. The molecule has 1 atom stereocenters. The average Bonchev–Trinajstić information content (AvgIpc) is 2.91. The summed E-state index contributed by atoms with van der Waals surface area (Å²) in [5.74, 6) is -0.124. The van der Waals surface area contributed by atoms with Crippen molar-refractivity contribution in [2.24, 2.45) is 0 Å². The van der Waals surface area contributed by atoms with Gasteiger partial charge in [0.15, 0.2) is 0 Å². The van der Waals surface area contributed by atoms with Gasteiger partial charge in [-0.1, -0.05) is 12.1 Å². The predicted molar refractivity (Wildman–Crippen MR) is 67.3 cm³/mol. The van der Waals surface area contributed by atoms with E-state index in [1.165, 1.54) is 12.1 Å². The lowest BCUT2D eigenvalue weighted by molar-refractivity contribution is 0.000878. The molecule has 0 saturated carbocycles. The molecular weight excluding hydrogens is 233 g/mol. The van der Waals surface area contributed by atoms with Gasteiger partial charge in [0, 0.05) is 19.2 Å². The van der Waals surface area contributed by atoms with Crippen molar-refractivity contribution in [1.82, 2.24) is 4.90 Å². The third-order valence-corrected chi connectivity index (χ3v) is 3.11. The van der Waals surface area contributed by atoms with Crippen LogP contribution in [-0.2, 0) is 4.74 Å². The van der Waals surface area contributed by atoms with Crippen LogP contribution in [0.25, 0.3) is 0 Å². The van der Waals surface area contributed by atoms with Gasteiger partial charge in [0.2, 0.25) is 0 Å². The van der Waals surface area contributed by atoms with Gasteiger partial charge in [-0.15, -0.1) is 0 Å². The summed E-state index contributed by atoms with van der Waals surface area (Å²) in [6, 6.07) is 6.23. The molecule has 0 spiro atoms. The van der Waals surface area contributed by atoms with Gasteiger partial charge in [-0.25, -0.2) is 0 Å². The molecule has 18 heavy (non-hydrogen) atoms. The fourth-order valence-corrected chi connectivity index (χ4v) is 2.00. The summed E-state index contributed by atoms with van der Waals surface area (Å²) in [6.45, 7) is 0.692. The second kappa shape index (κ2) is 5.52. The number of nitrogens with zero attached hydrogens (tertiary/aromatic N) is 1. The third-order valence-electron chi connectivity index (χ3n) is 3.11. The molecule has 0 radical (unpaired) electrons. The van der Waals surface area contributed by atoms with E-state index in [2.05, 4.69) is 0 Å². The van der Waals surface area contributed by atoms with E-state index in [9.17, 15) is 4.79 Å². The number of hydrogen-bond acceptors (Lipinski definition) is 4. The molecule has 5 nitrogen and oxygen atoms in total. The highest BCUT2D eigenvalue weighted by molar-refractivity contribution is 6.58. The topological polar surface area (TPSA) is 70.0 Å². The Hall–Kier alpha value is -1.37. The van der Waals surface area contributed by atoms with Gasteiger partial charge in [0.05, 0.1) is 0 Å². The molecular formula is C12H16BNO4. The molecule has 0 unspecified atom stereocenters. The van der Waals surface area contributed by atoms with Crippen LogP contribution in [0.15, 0.2) is 24.3 Å². The van der Waals surface area contributed by atoms with Gasteiger partial charge in [0.25, 0.3) is 5.91 Å². The quantitative estimate of drug-likeness (QED) is 0.713. The van der Waals surface area contributed by atoms with E-state index in [-0.39, 0.29) is 12.1 Å². The highest BCUT2D eigenvalue weighted by Gasteiger charge is 2.25. The third kappa shape index (κ3) is 2.72. The van der Waals surface area contributed by atoms with Crippen LogP contribution in [0.3, 0.4) is 0 Å². The van der Waals surface area contributed by atoms with Gasteiger partial charge in [-0.2, -0.15) is 0 Å². The Kier molecular flexibility index (Phi) is 4.01. The van der Waals surface area contributed by atoms with E-state index in [1.807, 2.05) is 0 Å². The number of amides is 1. The van der Waals surface area contributed by atoms with E-state index in [0.29, 0.717) is 17.6 Å². The maximum atomic E-state index is 12.1. The van der Waals surface area contributed by atoms with E-state index in [1.54, 1.807) is 24.1 Å². The van der Waals surface area contributed by atoms with E-state index >= 15 is 0 Å². The molecule has 1 amide bonds. The molecule has 2 rings (SSSR count). The van der Waals surface area contributed by atoms with Gasteiger partial charge < -0.3 is 19.7 Å². The minimum absolute atomic E-state index is 0.124. The Morgan fingerprint density at radius 3 is 2.56 bits per heavy atom. The molecule has 0 aliphatic carbocycles. The van der Waals surface area contributed by atoms with Crippen molar-refractivity contribution in [3.63, 3.8) is 0 Å². The van der Waals surface area contributed by atoms with Crippen LogP contribution in [0.5, 0.6) is 0 Å². The maximum Gasteiger partial charge on any atom is 0.488 e. The highest BCUT2D eigenvalue weighted by atomic mass is 16.5. The standard InChI is InChI=1S/C12H16BNO4/c1-14(11-3-2-8-18-11)12(15)9-4-6-10(7-5-9)13(16)17/h4-7,11,16-17H,2-3,8H2,1H3/t11-/m0/s1. The zero-order valence-electron chi connectivity index (χ0n) is 10.2. The van der Waals surface area contributed by atoms with E-state index < -0.39 is 7.12 Å². The second-order valence-corrected chi connectivity index (χ2v) is 4.38. The normalized spacial score (nSPS) is 18.7. The molecule has 1 saturated heterocycles. The molecule has 96 valence electrons. The number of hydrogen-bond donors (Lipinski definition) is 2. The highest BCUT2D eigenvalue weighted by Crippen LogP contribution is 2.17. The molecule has 1 aliphatic heterocycles. The van der Waals surface area contributed by atoms with Crippen LogP contribution < -0.4 is 5.46 Å². The predicted octanol–water partition coefficient (Wildman–Crippen LogP) is -0.425. The Labute approximate surface area is 106 Å². The van der Waals surface area contributed by atoms with Crippen LogP contribution >= 0.6 is 0 Å². The van der Waals surface area contributed by atoms with Crippen molar-refractivity contribution >= 4 is 18.5 Å². The van der Waals surface area contributed by atoms with Crippen LogP contribution in [0.4, 0.5) is 0 Å². The average molecular weight is 249 g/mol. The summed E-state index contributed by atoms with van der Waals surface area (Å²) in [5, 5.41) is 18.0. The first-order valence-electron chi connectivity index (χ1n) is 5.94. The molecule has 1 fully saturated rings. The SMILES string of the molecule is CN(C(=O)c1ccc(B(O)O)cc1)[C@@H]1CCCO1. The van der Waals surface area contributed by atoms with Gasteiger partial charge in [0.1, 0.15) is 6.23 Å². The summed E-state index contributed by atoms with van der Waals surface area (Å²) in [6.07, 6.45) is 1.67. The lowest BCUT2D eigenvalue weighted by Gasteiger charge is -2.23. The minimum Gasteiger partial charge on any atom is -0.423 e. The fourth-order valence-electron chi connectivity index (χ4n) is 2.00. The molecule has 2 N–H and O–H groups in total. The van der Waals surface area contributed by atoms with Crippen LogP contribution in [0.2, 0.25) is 0 Å². The second-order valence-electron chi connectivity index (χ2n) is 4.38. The summed E-state index contributed by atoms with van der Waals surface area (Å²) >= 11 is 0. The number of carbonyl (C=O) groups is 1. The molecule has 0 aromatic heterocycles. The van der Waals surface area contributed by atoms with Crippen molar-refractivity contribution < 1.29 is 19.6 Å². The number of carbonyl (C=O) groups excluding carboxylic acids is 1. The first kappa shape index (κ1) is 13.1. The molecule has 1 aliphatic rings. The first-order valence-corrected chi connectivity index (χ1v) is 5.94. The lowest BCUT2D eigenvalue weighted by Crippen LogP contribution is -2.37. The monoisotopic (exact) mass is 249 g/mol. The Bertz CT molecular complexity index is 415. The van der Waals surface area contributed by atoms with Crippen molar-refractivity contribution in [2.75, 3.05) is 13.7 Å². The van der Waals surface area contributed by atoms with Crippen molar-refractivity contribution in [1.29, 1.82) is 0 Å². The Morgan fingerprint density at radius 2 is 2.06 bits per heavy atom. The van der Waals surface area contributed by atoms with Gasteiger partial charge >= 0.3 is 7.12 Å². The van der Waals surface area contributed by atoms with Gasteiger partial charge in [-0.3, -0.25) is 4.79 Å².